The molecule has 0 saturated carbocycles. The summed E-state index contributed by atoms with van der Waals surface area (Å²) in [4.78, 5) is 29.5. The second kappa shape index (κ2) is 7.61. The largest absolute Gasteiger partial charge is 0.449 e. The SMILES string of the molecule is COCCNC(=O)[C@@H](C)OC(=O)c1c2c(nc3ccccc13)CCC2. The van der Waals surface area contributed by atoms with Crippen LogP contribution in [0.15, 0.2) is 24.3 Å². The maximum atomic E-state index is 12.8. The lowest BCUT2D eigenvalue weighted by atomic mass is 10.0. The number of hydrogen-bond acceptors (Lipinski definition) is 5. The number of amides is 1. The molecule has 0 bridgehead atoms. The van der Waals surface area contributed by atoms with Crippen LogP contribution in [0, 0.1) is 0 Å². The van der Waals surface area contributed by atoms with Crippen LogP contribution in [0.25, 0.3) is 10.9 Å². The summed E-state index contributed by atoms with van der Waals surface area (Å²) >= 11 is 0. The Bertz CT molecular complexity index is 803. The van der Waals surface area contributed by atoms with Gasteiger partial charge in [0, 0.05) is 24.7 Å². The number of hydrogen-bond donors (Lipinski definition) is 1. The first-order valence-electron chi connectivity index (χ1n) is 8.50. The fourth-order valence-electron chi connectivity index (χ4n) is 3.14. The first-order chi connectivity index (χ1) is 12.1. The second-order valence-electron chi connectivity index (χ2n) is 6.11. The number of para-hydroxylation sites is 1. The van der Waals surface area contributed by atoms with E-state index in [1.165, 1.54) is 0 Å². The van der Waals surface area contributed by atoms with E-state index in [2.05, 4.69) is 10.3 Å². The van der Waals surface area contributed by atoms with Crippen molar-refractivity contribution >= 4 is 22.8 Å². The molecule has 0 unspecified atom stereocenters. The summed E-state index contributed by atoms with van der Waals surface area (Å²) < 4.78 is 10.3. The summed E-state index contributed by atoms with van der Waals surface area (Å²) in [6.45, 7) is 2.36. The fourth-order valence-corrected chi connectivity index (χ4v) is 3.14. The zero-order chi connectivity index (χ0) is 17.8. The Kier molecular flexibility index (Phi) is 5.28. The third-order valence-electron chi connectivity index (χ3n) is 4.38. The van der Waals surface area contributed by atoms with Crippen molar-refractivity contribution in [1.29, 1.82) is 0 Å². The number of esters is 1. The molecule has 0 aliphatic heterocycles. The summed E-state index contributed by atoms with van der Waals surface area (Å²) in [6, 6.07) is 7.55. The predicted molar refractivity (Wildman–Crippen MR) is 93.5 cm³/mol. The second-order valence-corrected chi connectivity index (χ2v) is 6.11. The molecule has 0 spiro atoms. The van der Waals surface area contributed by atoms with Crippen LogP contribution in [-0.4, -0.2) is 43.2 Å². The lowest BCUT2D eigenvalue weighted by Crippen LogP contribution is -2.37. The van der Waals surface area contributed by atoms with E-state index < -0.39 is 12.1 Å². The number of nitrogens with one attached hydrogen (secondary N) is 1. The molecule has 0 saturated heterocycles. The lowest BCUT2D eigenvalue weighted by Gasteiger charge is -2.16. The van der Waals surface area contributed by atoms with E-state index in [1.54, 1.807) is 14.0 Å². The molecule has 6 heteroatoms. The Hall–Kier alpha value is -2.47. The van der Waals surface area contributed by atoms with Crippen molar-refractivity contribution in [2.45, 2.75) is 32.3 Å². The topological polar surface area (TPSA) is 77.5 Å². The van der Waals surface area contributed by atoms with Gasteiger partial charge in [0.1, 0.15) is 0 Å². The van der Waals surface area contributed by atoms with Crippen molar-refractivity contribution in [3.05, 3.63) is 41.1 Å². The Labute approximate surface area is 146 Å². The number of ether oxygens (including phenoxy) is 2. The van der Waals surface area contributed by atoms with Crippen LogP contribution in [0.4, 0.5) is 0 Å². The lowest BCUT2D eigenvalue weighted by molar-refractivity contribution is -0.129. The molecule has 132 valence electrons. The minimum absolute atomic E-state index is 0.333. The van der Waals surface area contributed by atoms with Gasteiger partial charge in [-0.1, -0.05) is 18.2 Å². The van der Waals surface area contributed by atoms with Crippen molar-refractivity contribution in [2.24, 2.45) is 0 Å². The highest BCUT2D eigenvalue weighted by molar-refractivity contribution is 6.05. The van der Waals surface area contributed by atoms with E-state index in [-0.39, 0.29) is 5.91 Å². The molecule has 1 aromatic carbocycles. The Morgan fingerprint density at radius 1 is 1.28 bits per heavy atom. The van der Waals surface area contributed by atoms with Gasteiger partial charge in [-0.15, -0.1) is 0 Å². The average Bonchev–Trinajstić information content (AvgIpc) is 3.07. The molecule has 25 heavy (non-hydrogen) atoms. The number of methoxy groups -OCH3 is 1. The third kappa shape index (κ3) is 3.64. The van der Waals surface area contributed by atoms with E-state index >= 15 is 0 Å². The maximum Gasteiger partial charge on any atom is 0.339 e. The highest BCUT2D eigenvalue weighted by Crippen LogP contribution is 2.30. The number of aromatic nitrogens is 1. The molecule has 0 radical (unpaired) electrons. The van der Waals surface area contributed by atoms with Crippen molar-refractivity contribution in [3.63, 3.8) is 0 Å². The van der Waals surface area contributed by atoms with Gasteiger partial charge in [0.2, 0.25) is 0 Å². The van der Waals surface area contributed by atoms with Gasteiger partial charge in [-0.05, 0) is 37.8 Å². The quantitative estimate of drug-likeness (QED) is 0.642. The van der Waals surface area contributed by atoms with E-state index in [0.29, 0.717) is 18.7 Å². The minimum atomic E-state index is -0.867. The van der Waals surface area contributed by atoms with Crippen LogP contribution in [0.2, 0.25) is 0 Å². The van der Waals surface area contributed by atoms with Crippen molar-refractivity contribution in [3.8, 4) is 0 Å². The van der Waals surface area contributed by atoms with Crippen LogP contribution < -0.4 is 5.32 Å². The first-order valence-corrected chi connectivity index (χ1v) is 8.50. The smallest absolute Gasteiger partial charge is 0.339 e. The molecule has 1 amide bonds. The van der Waals surface area contributed by atoms with Gasteiger partial charge in [0.15, 0.2) is 6.10 Å². The average molecular weight is 342 g/mol. The molecule has 1 N–H and O–H groups in total. The summed E-state index contributed by atoms with van der Waals surface area (Å²) in [5.74, 6) is -0.799. The predicted octanol–water partition coefficient (Wildman–Crippen LogP) is 2.03. The molecule has 6 nitrogen and oxygen atoms in total. The van der Waals surface area contributed by atoms with E-state index in [4.69, 9.17) is 9.47 Å². The molecule has 3 rings (SSSR count). The van der Waals surface area contributed by atoms with E-state index in [1.807, 2.05) is 24.3 Å². The number of nitrogens with zero attached hydrogens (tertiary/aromatic N) is 1. The summed E-state index contributed by atoms with van der Waals surface area (Å²) in [6.07, 6.45) is 1.79. The molecule has 1 atom stereocenters. The van der Waals surface area contributed by atoms with Crippen LogP contribution in [-0.2, 0) is 27.1 Å². The van der Waals surface area contributed by atoms with Crippen LogP contribution in [0.5, 0.6) is 0 Å². The highest BCUT2D eigenvalue weighted by atomic mass is 16.5. The van der Waals surface area contributed by atoms with Crippen LogP contribution in [0.3, 0.4) is 0 Å². The number of rotatable bonds is 6. The first kappa shape index (κ1) is 17.4. The number of benzene rings is 1. The number of aryl methyl sites for hydroxylation is 1. The Morgan fingerprint density at radius 2 is 2.08 bits per heavy atom. The molecular weight excluding hydrogens is 320 g/mol. The van der Waals surface area contributed by atoms with Crippen molar-refractivity contribution in [2.75, 3.05) is 20.3 Å². The molecule has 1 aliphatic carbocycles. The third-order valence-corrected chi connectivity index (χ3v) is 4.38. The zero-order valence-electron chi connectivity index (χ0n) is 14.5. The maximum absolute atomic E-state index is 12.8. The summed E-state index contributed by atoms with van der Waals surface area (Å²) in [7, 11) is 1.56. The van der Waals surface area contributed by atoms with Crippen LogP contribution >= 0.6 is 0 Å². The van der Waals surface area contributed by atoms with Crippen molar-refractivity contribution < 1.29 is 19.1 Å². The van der Waals surface area contributed by atoms with Gasteiger partial charge in [-0.2, -0.15) is 0 Å². The number of carbonyl (C=O) groups is 2. The van der Waals surface area contributed by atoms with Gasteiger partial charge < -0.3 is 14.8 Å². The van der Waals surface area contributed by atoms with Crippen LogP contribution in [0.1, 0.15) is 35.0 Å². The minimum Gasteiger partial charge on any atom is -0.449 e. The Morgan fingerprint density at radius 3 is 2.88 bits per heavy atom. The van der Waals surface area contributed by atoms with E-state index in [9.17, 15) is 9.59 Å². The van der Waals surface area contributed by atoms with Gasteiger partial charge in [-0.25, -0.2) is 4.79 Å². The molecule has 1 heterocycles. The molecule has 0 fully saturated rings. The monoisotopic (exact) mass is 342 g/mol. The standard InChI is InChI=1S/C19H22N2O4/c1-12(18(22)20-10-11-24-2)25-19(23)17-13-6-3-4-8-15(13)21-16-9-5-7-14(16)17/h3-4,6,8,12H,5,7,9-11H2,1-2H3,(H,20,22)/t12-/m1/s1. The highest BCUT2D eigenvalue weighted by Gasteiger charge is 2.27. The summed E-state index contributed by atoms with van der Waals surface area (Å²) in [5.41, 5.74) is 3.25. The molecule has 1 aromatic heterocycles. The fraction of sp³-hybridized carbons (Fsp3) is 0.421. The molecular formula is C19H22N2O4. The number of pyridine rings is 1. The summed E-state index contributed by atoms with van der Waals surface area (Å²) in [5, 5.41) is 3.45. The van der Waals surface area contributed by atoms with Gasteiger partial charge in [0.05, 0.1) is 17.7 Å². The molecule has 1 aliphatic rings. The van der Waals surface area contributed by atoms with Gasteiger partial charge in [0.25, 0.3) is 5.91 Å². The molecule has 2 aromatic rings. The van der Waals surface area contributed by atoms with Crippen molar-refractivity contribution in [1.82, 2.24) is 10.3 Å². The van der Waals surface area contributed by atoms with Gasteiger partial charge in [-0.3, -0.25) is 9.78 Å². The van der Waals surface area contributed by atoms with E-state index in [0.717, 1.165) is 41.4 Å². The zero-order valence-corrected chi connectivity index (χ0v) is 14.5. The van der Waals surface area contributed by atoms with Gasteiger partial charge >= 0.3 is 5.97 Å². The Balaban J connectivity index is 1.84. The number of carbonyl (C=O) groups excluding carboxylic acids is 2. The number of fused-ring (bicyclic) bond motifs is 2. The normalized spacial score (nSPS) is 14.2.